The van der Waals surface area contributed by atoms with Crippen LogP contribution in [0.5, 0.6) is 0 Å². The first-order chi connectivity index (χ1) is 17.9. The molecule has 0 unspecified atom stereocenters. The molecule has 9 heteroatoms. The van der Waals surface area contributed by atoms with Gasteiger partial charge in [-0.1, -0.05) is 30.2 Å². The van der Waals surface area contributed by atoms with Crippen molar-refractivity contribution in [3.8, 4) is 11.8 Å². The Morgan fingerprint density at radius 3 is 1.87 bits per heavy atom. The number of hydrogen-bond donors (Lipinski definition) is 0. The summed E-state index contributed by atoms with van der Waals surface area (Å²) in [5, 5.41) is -1.03. The van der Waals surface area contributed by atoms with Crippen LogP contribution in [0.1, 0.15) is 27.8 Å². The third kappa shape index (κ3) is 6.13. The predicted molar refractivity (Wildman–Crippen MR) is 124 cm³/mol. The molecule has 0 heterocycles. The van der Waals surface area contributed by atoms with E-state index in [2.05, 4.69) is 0 Å². The smallest absolute Gasteiger partial charge is 0.207 e. The molecular formula is C29H17F9. The molecule has 0 aliphatic rings. The molecular weight excluding hydrogens is 519 g/mol. The van der Waals surface area contributed by atoms with Gasteiger partial charge in [0.15, 0.2) is 5.82 Å². The minimum absolute atomic E-state index is 0.103. The zero-order valence-electron chi connectivity index (χ0n) is 19.4. The maximum Gasteiger partial charge on any atom is 0.458 e. The van der Waals surface area contributed by atoms with E-state index in [0.29, 0.717) is 17.2 Å². The minimum Gasteiger partial charge on any atom is -0.207 e. The van der Waals surface area contributed by atoms with E-state index in [9.17, 15) is 39.5 Å². The van der Waals surface area contributed by atoms with Crippen LogP contribution in [0.25, 0.3) is 10.8 Å². The molecule has 0 fully saturated rings. The second-order valence-corrected chi connectivity index (χ2v) is 8.60. The van der Waals surface area contributed by atoms with Crippen molar-refractivity contribution in [3.05, 3.63) is 117 Å². The van der Waals surface area contributed by atoms with Crippen molar-refractivity contribution >= 4 is 10.8 Å². The molecule has 0 nitrogen and oxygen atoms in total. The molecule has 0 saturated carbocycles. The van der Waals surface area contributed by atoms with Crippen LogP contribution in [0.3, 0.4) is 0 Å². The van der Waals surface area contributed by atoms with Crippen LogP contribution in [0.2, 0.25) is 0 Å². The number of fused-ring (bicyclic) bond motifs is 1. The van der Waals surface area contributed by atoms with Crippen LogP contribution in [-0.2, 0) is 25.7 Å². The first-order valence-electron chi connectivity index (χ1n) is 11.3. The van der Waals surface area contributed by atoms with Gasteiger partial charge in [0.25, 0.3) is 0 Å². The standard InChI is InChI=1S/C29H17F9/c30-22-4-2-1-3-18(22)7-5-17-12-23(31)20(24(32)13-17)8-6-16-11-19-15-25(33)21(9-10-29(36,37)38)28(35)27(19)26(34)14-16/h1-4,11-15H,5-8H2. The first-order valence-corrected chi connectivity index (χ1v) is 11.3. The molecule has 0 atom stereocenters. The lowest BCUT2D eigenvalue weighted by atomic mass is 9.97. The Kier molecular flexibility index (Phi) is 7.72. The van der Waals surface area contributed by atoms with Gasteiger partial charge in [-0.15, -0.1) is 0 Å². The van der Waals surface area contributed by atoms with Crippen LogP contribution in [0, 0.1) is 46.7 Å². The van der Waals surface area contributed by atoms with Crippen LogP contribution in [0.4, 0.5) is 39.5 Å². The molecule has 0 saturated heterocycles. The largest absolute Gasteiger partial charge is 0.458 e. The molecule has 0 aliphatic heterocycles. The van der Waals surface area contributed by atoms with Crippen LogP contribution in [0.15, 0.2) is 54.6 Å². The van der Waals surface area contributed by atoms with Crippen LogP contribution < -0.4 is 0 Å². The number of aryl methyl sites for hydroxylation is 3. The lowest BCUT2D eigenvalue weighted by molar-refractivity contribution is -0.0696. The number of rotatable bonds is 6. The maximum atomic E-state index is 14.7. The van der Waals surface area contributed by atoms with Gasteiger partial charge in [0, 0.05) is 11.5 Å². The van der Waals surface area contributed by atoms with Gasteiger partial charge in [-0.2, -0.15) is 13.2 Å². The van der Waals surface area contributed by atoms with Gasteiger partial charge < -0.3 is 0 Å². The third-order valence-corrected chi connectivity index (χ3v) is 5.98. The number of halogens is 9. The highest BCUT2D eigenvalue weighted by Gasteiger charge is 2.24. The zero-order valence-corrected chi connectivity index (χ0v) is 19.4. The summed E-state index contributed by atoms with van der Waals surface area (Å²) in [6.07, 6.45) is -4.89. The Morgan fingerprint density at radius 1 is 0.605 bits per heavy atom. The Hall–Kier alpha value is -3.93. The number of alkyl halides is 3. The van der Waals surface area contributed by atoms with E-state index in [1.54, 1.807) is 12.1 Å². The van der Waals surface area contributed by atoms with Gasteiger partial charge in [-0.3, -0.25) is 0 Å². The fourth-order valence-electron chi connectivity index (χ4n) is 4.15. The second kappa shape index (κ2) is 10.8. The Balaban J connectivity index is 1.54. The Labute approximate surface area is 211 Å². The zero-order chi connectivity index (χ0) is 27.6. The van der Waals surface area contributed by atoms with Gasteiger partial charge in [0.2, 0.25) is 0 Å². The van der Waals surface area contributed by atoms with Crippen LogP contribution >= 0.6 is 0 Å². The van der Waals surface area contributed by atoms with E-state index in [4.69, 9.17) is 0 Å². The molecule has 0 aromatic heterocycles. The van der Waals surface area contributed by atoms with E-state index in [1.807, 2.05) is 0 Å². The van der Waals surface area contributed by atoms with Gasteiger partial charge in [0.05, 0.1) is 10.9 Å². The Bertz CT molecular complexity index is 1550. The minimum atomic E-state index is -5.00. The lowest BCUT2D eigenvalue weighted by Gasteiger charge is -2.11. The average Bonchev–Trinajstić information content (AvgIpc) is 2.81. The summed E-state index contributed by atoms with van der Waals surface area (Å²) in [6, 6.07) is 11.0. The van der Waals surface area contributed by atoms with Gasteiger partial charge in [0.1, 0.15) is 29.1 Å². The van der Waals surface area contributed by atoms with E-state index in [0.717, 1.165) is 24.1 Å². The molecule has 0 radical (unpaired) electrons. The highest BCUT2D eigenvalue weighted by molar-refractivity contribution is 5.86. The fraction of sp³-hybridized carbons (Fsp3) is 0.172. The van der Waals surface area contributed by atoms with Gasteiger partial charge in [-0.05, 0) is 78.1 Å². The molecule has 4 aromatic carbocycles. The predicted octanol–water partition coefficient (Wildman–Crippen LogP) is 8.16. The van der Waals surface area contributed by atoms with Crippen molar-refractivity contribution in [2.75, 3.05) is 0 Å². The highest BCUT2D eigenvalue weighted by atomic mass is 19.4. The average molecular weight is 536 g/mol. The summed E-state index contributed by atoms with van der Waals surface area (Å²) in [7, 11) is 0. The maximum absolute atomic E-state index is 14.7. The molecule has 0 aliphatic carbocycles. The molecule has 38 heavy (non-hydrogen) atoms. The lowest BCUT2D eigenvalue weighted by Crippen LogP contribution is -2.04. The van der Waals surface area contributed by atoms with Crippen molar-refractivity contribution in [1.82, 2.24) is 0 Å². The molecule has 0 spiro atoms. The molecule has 0 N–H and O–H groups in total. The monoisotopic (exact) mass is 536 g/mol. The molecule has 0 bridgehead atoms. The van der Waals surface area contributed by atoms with Crippen molar-refractivity contribution in [2.24, 2.45) is 0 Å². The van der Waals surface area contributed by atoms with E-state index >= 15 is 0 Å². The van der Waals surface area contributed by atoms with E-state index < -0.39 is 52.0 Å². The summed E-state index contributed by atoms with van der Waals surface area (Å²) in [5.74, 6) is -4.20. The summed E-state index contributed by atoms with van der Waals surface area (Å²) in [4.78, 5) is 0. The number of hydrogen-bond acceptors (Lipinski definition) is 0. The van der Waals surface area contributed by atoms with Crippen molar-refractivity contribution < 1.29 is 39.5 Å². The summed E-state index contributed by atoms with van der Waals surface area (Å²) < 4.78 is 124. The van der Waals surface area contributed by atoms with Gasteiger partial charge >= 0.3 is 6.18 Å². The van der Waals surface area contributed by atoms with Crippen molar-refractivity contribution in [3.63, 3.8) is 0 Å². The third-order valence-electron chi connectivity index (χ3n) is 5.98. The quantitative estimate of drug-likeness (QED) is 0.172. The van der Waals surface area contributed by atoms with E-state index in [1.165, 1.54) is 24.1 Å². The number of benzene rings is 4. The van der Waals surface area contributed by atoms with Crippen molar-refractivity contribution in [2.45, 2.75) is 31.9 Å². The summed E-state index contributed by atoms with van der Waals surface area (Å²) in [5.41, 5.74) is -0.622. The molecule has 4 aromatic rings. The Morgan fingerprint density at radius 2 is 1.21 bits per heavy atom. The van der Waals surface area contributed by atoms with E-state index in [-0.39, 0.29) is 42.2 Å². The normalized spacial score (nSPS) is 11.5. The fourth-order valence-corrected chi connectivity index (χ4v) is 4.15. The summed E-state index contributed by atoms with van der Waals surface area (Å²) >= 11 is 0. The van der Waals surface area contributed by atoms with Gasteiger partial charge in [-0.25, -0.2) is 26.3 Å². The van der Waals surface area contributed by atoms with Crippen molar-refractivity contribution in [1.29, 1.82) is 0 Å². The topological polar surface area (TPSA) is 0 Å². The SMILES string of the molecule is Fc1ccccc1CCc1cc(F)c(CCc2cc(F)c3c(F)c(C#CC(F)(F)F)c(F)cc3c2)c(F)c1. The highest BCUT2D eigenvalue weighted by Crippen LogP contribution is 2.29. The second-order valence-electron chi connectivity index (χ2n) is 8.60. The molecule has 4 rings (SSSR count). The van der Waals surface area contributed by atoms with Crippen LogP contribution in [-0.4, -0.2) is 6.18 Å². The first kappa shape index (κ1) is 27.1. The summed E-state index contributed by atoms with van der Waals surface area (Å²) in [6.45, 7) is 0. The molecule has 0 amide bonds. The molecule has 196 valence electrons.